The predicted molar refractivity (Wildman–Crippen MR) is 104 cm³/mol. The van der Waals surface area contributed by atoms with Gasteiger partial charge in [0.2, 0.25) is 0 Å². The van der Waals surface area contributed by atoms with Crippen molar-refractivity contribution in [3.63, 3.8) is 0 Å². The van der Waals surface area contributed by atoms with E-state index in [0.29, 0.717) is 0 Å². The van der Waals surface area contributed by atoms with Crippen molar-refractivity contribution in [1.82, 2.24) is 0 Å². The van der Waals surface area contributed by atoms with Gasteiger partial charge in [-0.15, -0.1) is 0 Å². The Hall–Kier alpha value is 0.924. The highest BCUT2D eigenvalue weighted by atomic mass is 28.5. The van der Waals surface area contributed by atoms with Gasteiger partial charge < -0.3 is 16.5 Å². The first-order valence-electron chi connectivity index (χ1n) is 7.81. The third-order valence-electron chi connectivity index (χ3n) is 2.27. The van der Waals surface area contributed by atoms with Gasteiger partial charge in [-0.25, -0.2) is 0 Å². The van der Waals surface area contributed by atoms with Gasteiger partial charge in [0.1, 0.15) is 0 Å². The third kappa shape index (κ3) is 12.1. The summed E-state index contributed by atoms with van der Waals surface area (Å²) in [5.74, 6) is 0. The molecule has 0 saturated carbocycles. The lowest BCUT2D eigenvalue weighted by atomic mass is 11.0. The number of rotatable bonds is 9. The molecule has 0 aromatic carbocycles. The summed E-state index contributed by atoms with van der Waals surface area (Å²) in [7, 11) is -9.09. The van der Waals surface area contributed by atoms with Crippen LogP contribution < -0.4 is 0 Å². The van der Waals surface area contributed by atoms with E-state index in [-0.39, 0.29) is 0 Å². The molecular formula is C12H36O4Si5. The second kappa shape index (κ2) is 7.66. The van der Waals surface area contributed by atoms with Crippen LogP contribution in [0.2, 0.25) is 71.5 Å². The van der Waals surface area contributed by atoms with E-state index in [2.05, 4.69) is 72.4 Å². The van der Waals surface area contributed by atoms with Gasteiger partial charge in [-0.3, -0.25) is 0 Å². The smallest absolute Gasteiger partial charge is 0.312 e. The van der Waals surface area contributed by atoms with E-state index in [0.717, 1.165) is 6.04 Å². The first kappa shape index (κ1) is 21.9. The number of hydrogen-bond donors (Lipinski definition) is 0. The summed E-state index contributed by atoms with van der Waals surface area (Å²) in [6, 6.07) is 0.955. The molecule has 21 heavy (non-hydrogen) atoms. The SMILES string of the molecule is CC[SiH](O[Si](C)(C)O[Si](C)(C)C)O[Si](C)(C)O[Si](C)(C)C. The fourth-order valence-corrected chi connectivity index (χ4v) is 22.4. The lowest BCUT2D eigenvalue weighted by Gasteiger charge is -2.37. The lowest BCUT2D eigenvalue weighted by Crippen LogP contribution is -2.53. The molecule has 0 bridgehead atoms. The molecule has 4 nitrogen and oxygen atoms in total. The molecule has 0 aromatic heterocycles. The predicted octanol–water partition coefficient (Wildman–Crippen LogP) is 4.37. The highest BCUT2D eigenvalue weighted by Crippen LogP contribution is 2.21. The molecule has 0 amide bonds. The molecule has 0 saturated heterocycles. The molecule has 0 aliphatic rings. The van der Waals surface area contributed by atoms with Crippen molar-refractivity contribution in [1.29, 1.82) is 0 Å². The largest absolute Gasteiger partial charge is 0.437 e. The normalized spacial score (nSPS) is 14.9. The molecule has 9 heteroatoms. The van der Waals surface area contributed by atoms with E-state index < -0.39 is 43.0 Å². The van der Waals surface area contributed by atoms with Gasteiger partial charge in [-0.05, 0) is 71.5 Å². The van der Waals surface area contributed by atoms with Crippen LogP contribution in [-0.2, 0) is 16.5 Å². The van der Waals surface area contributed by atoms with Crippen molar-refractivity contribution >= 4 is 43.0 Å². The highest BCUT2D eigenvalue weighted by Gasteiger charge is 2.39. The average Bonchev–Trinajstić information content (AvgIpc) is 2.06. The second-order valence-corrected chi connectivity index (χ2v) is 27.5. The van der Waals surface area contributed by atoms with Crippen LogP contribution in [0.15, 0.2) is 0 Å². The first-order valence-corrected chi connectivity index (χ1v) is 22.0. The van der Waals surface area contributed by atoms with Gasteiger partial charge in [-0.1, -0.05) is 6.92 Å². The number of hydrogen-bond acceptors (Lipinski definition) is 4. The summed E-state index contributed by atoms with van der Waals surface area (Å²) in [6.07, 6.45) is 0. The van der Waals surface area contributed by atoms with E-state index in [1.54, 1.807) is 0 Å². The Balaban J connectivity index is 4.72. The zero-order chi connectivity index (χ0) is 17.1. The Kier molecular flexibility index (Phi) is 8.00. The van der Waals surface area contributed by atoms with Gasteiger partial charge >= 0.3 is 26.4 Å². The van der Waals surface area contributed by atoms with Crippen LogP contribution in [0.3, 0.4) is 0 Å². The second-order valence-electron chi connectivity index (χ2n) is 8.30. The molecule has 0 aliphatic carbocycles. The van der Waals surface area contributed by atoms with Gasteiger partial charge in [-0.2, -0.15) is 0 Å². The van der Waals surface area contributed by atoms with E-state index in [4.69, 9.17) is 16.5 Å². The van der Waals surface area contributed by atoms with Crippen molar-refractivity contribution in [2.24, 2.45) is 0 Å². The van der Waals surface area contributed by atoms with Gasteiger partial charge in [0.15, 0.2) is 16.6 Å². The molecule has 0 spiro atoms. The molecule has 0 atom stereocenters. The summed E-state index contributed by atoms with van der Waals surface area (Å²) >= 11 is 0. The monoisotopic (exact) mass is 384 g/mol. The molecule has 0 heterocycles. The summed E-state index contributed by atoms with van der Waals surface area (Å²) < 4.78 is 25.2. The Morgan fingerprint density at radius 3 is 1.10 bits per heavy atom. The molecule has 0 aromatic rings. The van der Waals surface area contributed by atoms with Crippen LogP contribution >= 0.6 is 0 Å². The van der Waals surface area contributed by atoms with Crippen LogP contribution in [0.1, 0.15) is 6.92 Å². The van der Waals surface area contributed by atoms with Gasteiger partial charge in [0.25, 0.3) is 0 Å². The van der Waals surface area contributed by atoms with Gasteiger partial charge in [0.05, 0.1) is 0 Å². The Labute approximate surface area is 138 Å². The van der Waals surface area contributed by atoms with Crippen molar-refractivity contribution in [2.75, 3.05) is 0 Å². The fraction of sp³-hybridized carbons (Fsp3) is 1.00. The third-order valence-corrected chi connectivity index (χ3v) is 18.4. The summed E-state index contributed by atoms with van der Waals surface area (Å²) in [6.45, 7) is 24.0. The molecule has 0 rings (SSSR count). The summed E-state index contributed by atoms with van der Waals surface area (Å²) in [5, 5.41) is 0. The molecule has 0 N–H and O–H groups in total. The summed E-state index contributed by atoms with van der Waals surface area (Å²) in [4.78, 5) is 0. The van der Waals surface area contributed by atoms with Crippen LogP contribution in [0.5, 0.6) is 0 Å². The van der Waals surface area contributed by atoms with E-state index >= 15 is 0 Å². The van der Waals surface area contributed by atoms with Crippen LogP contribution in [-0.4, -0.2) is 43.0 Å². The van der Waals surface area contributed by atoms with Crippen molar-refractivity contribution in [2.45, 2.75) is 78.4 Å². The molecule has 0 radical (unpaired) electrons. The maximum atomic E-state index is 6.35. The molecule has 0 aliphatic heterocycles. The van der Waals surface area contributed by atoms with E-state index in [9.17, 15) is 0 Å². The molecular weight excluding hydrogens is 349 g/mol. The zero-order valence-electron chi connectivity index (χ0n) is 15.9. The highest BCUT2D eigenvalue weighted by molar-refractivity contribution is 6.86. The van der Waals surface area contributed by atoms with Crippen molar-refractivity contribution in [3.8, 4) is 0 Å². The van der Waals surface area contributed by atoms with Crippen molar-refractivity contribution < 1.29 is 16.5 Å². The standard InChI is InChI=1S/C12H36O4Si5/c1-12-17(13-20(8,9)15-18(2,3)4)14-21(10,11)16-19(5,6)7/h17H,12H2,1-11H3. The van der Waals surface area contributed by atoms with Crippen LogP contribution in [0.25, 0.3) is 0 Å². The maximum absolute atomic E-state index is 6.35. The summed E-state index contributed by atoms with van der Waals surface area (Å²) in [5.41, 5.74) is 0. The minimum atomic E-state index is -2.10. The van der Waals surface area contributed by atoms with E-state index in [1.807, 2.05) is 0 Å². The Bertz CT molecular complexity index is 293. The van der Waals surface area contributed by atoms with Gasteiger partial charge in [0, 0.05) is 0 Å². The minimum Gasteiger partial charge on any atom is -0.437 e. The van der Waals surface area contributed by atoms with E-state index in [1.165, 1.54) is 0 Å². The average molecular weight is 385 g/mol. The molecule has 0 fully saturated rings. The zero-order valence-corrected chi connectivity index (χ0v) is 21.1. The Morgan fingerprint density at radius 1 is 0.619 bits per heavy atom. The molecule has 0 unspecified atom stereocenters. The Morgan fingerprint density at radius 2 is 0.905 bits per heavy atom. The van der Waals surface area contributed by atoms with Crippen molar-refractivity contribution in [3.05, 3.63) is 0 Å². The topological polar surface area (TPSA) is 36.9 Å². The maximum Gasteiger partial charge on any atom is 0.312 e. The van der Waals surface area contributed by atoms with Crippen LogP contribution in [0.4, 0.5) is 0 Å². The quantitative estimate of drug-likeness (QED) is 0.553. The first-order chi connectivity index (χ1) is 9.05. The van der Waals surface area contributed by atoms with Crippen LogP contribution in [0, 0.1) is 0 Å². The molecule has 128 valence electrons. The fourth-order valence-electron chi connectivity index (χ4n) is 2.35. The minimum absolute atomic E-state index is 0.955. The lowest BCUT2D eigenvalue weighted by molar-refractivity contribution is 0.315.